The van der Waals surface area contributed by atoms with Gasteiger partial charge in [0.25, 0.3) is 0 Å². The van der Waals surface area contributed by atoms with E-state index in [4.69, 9.17) is 16.3 Å². The molecule has 0 bridgehead atoms. The van der Waals surface area contributed by atoms with Gasteiger partial charge in [0.05, 0.1) is 12.7 Å². The van der Waals surface area contributed by atoms with Crippen molar-refractivity contribution < 1.29 is 14.3 Å². The first-order chi connectivity index (χ1) is 13.1. The first-order valence-electron chi connectivity index (χ1n) is 9.06. The minimum Gasteiger partial charge on any atom is -0.465 e. The van der Waals surface area contributed by atoms with Gasteiger partial charge < -0.3 is 10.1 Å². The summed E-state index contributed by atoms with van der Waals surface area (Å²) in [6, 6.07) is 7.26. The van der Waals surface area contributed by atoms with Crippen LogP contribution in [-0.4, -0.2) is 19.0 Å². The van der Waals surface area contributed by atoms with Crippen LogP contribution in [0.2, 0.25) is 5.02 Å². The number of carbonyl (C=O) groups is 2. The van der Waals surface area contributed by atoms with E-state index in [2.05, 4.69) is 5.32 Å². The molecule has 6 heteroatoms. The number of hydrogen-bond donors (Lipinski definition) is 1. The van der Waals surface area contributed by atoms with Crippen molar-refractivity contribution in [1.82, 2.24) is 0 Å². The third kappa shape index (κ3) is 4.99. The molecule has 0 saturated carbocycles. The van der Waals surface area contributed by atoms with Gasteiger partial charge in [0.1, 0.15) is 5.00 Å². The first-order valence-corrected chi connectivity index (χ1v) is 10.3. The summed E-state index contributed by atoms with van der Waals surface area (Å²) in [6.07, 6.45) is 9.47. The molecule has 27 heavy (non-hydrogen) atoms. The Bertz CT molecular complexity index is 872. The molecule has 1 aromatic heterocycles. The molecule has 1 N–H and O–H groups in total. The Hall–Kier alpha value is -2.11. The maximum absolute atomic E-state index is 12.4. The number of amides is 1. The van der Waals surface area contributed by atoms with Gasteiger partial charge in [-0.05, 0) is 55.0 Å². The van der Waals surface area contributed by atoms with Crippen molar-refractivity contribution in [2.45, 2.75) is 38.5 Å². The average molecular weight is 404 g/mol. The third-order valence-corrected chi connectivity index (χ3v) is 6.02. The Morgan fingerprint density at radius 1 is 1.19 bits per heavy atom. The fourth-order valence-electron chi connectivity index (χ4n) is 3.26. The number of rotatable bonds is 4. The molecule has 0 saturated heterocycles. The van der Waals surface area contributed by atoms with E-state index in [1.165, 1.54) is 42.2 Å². The van der Waals surface area contributed by atoms with Gasteiger partial charge >= 0.3 is 5.97 Å². The van der Waals surface area contributed by atoms with Gasteiger partial charge in [0.15, 0.2) is 0 Å². The highest BCUT2D eigenvalue weighted by molar-refractivity contribution is 7.17. The van der Waals surface area contributed by atoms with Gasteiger partial charge in [0, 0.05) is 16.0 Å². The molecule has 0 fully saturated rings. The molecule has 0 radical (unpaired) electrons. The van der Waals surface area contributed by atoms with Crippen LogP contribution in [0, 0.1) is 0 Å². The monoisotopic (exact) mass is 403 g/mol. The van der Waals surface area contributed by atoms with Crippen LogP contribution in [0.4, 0.5) is 5.00 Å². The lowest BCUT2D eigenvalue weighted by atomic mass is 9.96. The molecule has 1 aliphatic rings. The molecule has 0 atom stereocenters. The number of ether oxygens (including phenoxy) is 1. The zero-order valence-electron chi connectivity index (χ0n) is 15.2. The van der Waals surface area contributed by atoms with E-state index in [1.807, 2.05) is 12.1 Å². The first kappa shape index (κ1) is 19.6. The quantitative estimate of drug-likeness (QED) is 0.541. The fraction of sp³-hybridized carbons (Fsp3) is 0.333. The maximum atomic E-state index is 12.4. The lowest BCUT2D eigenvalue weighted by molar-refractivity contribution is -0.111. The topological polar surface area (TPSA) is 55.4 Å². The van der Waals surface area contributed by atoms with Crippen molar-refractivity contribution in [2.75, 3.05) is 12.4 Å². The van der Waals surface area contributed by atoms with E-state index >= 15 is 0 Å². The van der Waals surface area contributed by atoms with Gasteiger partial charge in [0.2, 0.25) is 5.91 Å². The van der Waals surface area contributed by atoms with Crippen molar-refractivity contribution in [1.29, 1.82) is 0 Å². The lowest BCUT2D eigenvalue weighted by Crippen LogP contribution is -2.12. The normalized spacial score (nSPS) is 14.3. The molecular formula is C21H22ClNO3S. The van der Waals surface area contributed by atoms with Crippen LogP contribution in [0.25, 0.3) is 6.08 Å². The van der Waals surface area contributed by atoms with E-state index in [0.29, 0.717) is 15.6 Å². The number of hydrogen-bond acceptors (Lipinski definition) is 4. The molecule has 1 aliphatic carbocycles. The van der Waals surface area contributed by atoms with Crippen molar-refractivity contribution >= 4 is 45.9 Å². The van der Waals surface area contributed by atoms with Crippen LogP contribution < -0.4 is 5.32 Å². The Morgan fingerprint density at radius 3 is 2.70 bits per heavy atom. The van der Waals surface area contributed by atoms with E-state index in [1.54, 1.807) is 18.2 Å². The minimum atomic E-state index is -0.387. The predicted octanol–water partition coefficient (Wildman–Crippen LogP) is 5.50. The molecule has 1 aromatic carbocycles. The van der Waals surface area contributed by atoms with E-state index in [9.17, 15) is 9.59 Å². The van der Waals surface area contributed by atoms with Crippen LogP contribution >= 0.6 is 22.9 Å². The van der Waals surface area contributed by atoms with Gasteiger partial charge in [-0.1, -0.05) is 36.6 Å². The van der Waals surface area contributed by atoms with Crippen LogP contribution in [0.3, 0.4) is 0 Å². The summed E-state index contributed by atoms with van der Waals surface area (Å²) in [5, 5.41) is 4.06. The third-order valence-electron chi connectivity index (χ3n) is 4.57. The minimum absolute atomic E-state index is 0.283. The maximum Gasteiger partial charge on any atom is 0.341 e. The fourth-order valence-corrected chi connectivity index (χ4v) is 4.74. The summed E-state index contributed by atoms with van der Waals surface area (Å²) < 4.78 is 4.98. The number of fused-ring (bicyclic) bond motifs is 1. The molecule has 142 valence electrons. The number of esters is 1. The largest absolute Gasteiger partial charge is 0.465 e. The lowest BCUT2D eigenvalue weighted by Gasteiger charge is -2.10. The second-order valence-electron chi connectivity index (χ2n) is 6.49. The summed E-state index contributed by atoms with van der Waals surface area (Å²) in [4.78, 5) is 26.0. The van der Waals surface area contributed by atoms with Gasteiger partial charge in [-0.25, -0.2) is 4.79 Å². The zero-order chi connectivity index (χ0) is 19.2. The summed E-state index contributed by atoms with van der Waals surface area (Å²) >= 11 is 7.45. The van der Waals surface area contributed by atoms with E-state index in [0.717, 1.165) is 36.8 Å². The SMILES string of the molecule is COC(=O)c1c(NC(=O)/C=C/c2cccc(Cl)c2)sc2c1CCCCCC2. The summed E-state index contributed by atoms with van der Waals surface area (Å²) in [6.45, 7) is 0. The smallest absolute Gasteiger partial charge is 0.341 e. The number of carbonyl (C=O) groups excluding carboxylic acids is 2. The summed E-state index contributed by atoms with van der Waals surface area (Å²) in [5.74, 6) is -0.670. The van der Waals surface area contributed by atoms with E-state index < -0.39 is 0 Å². The molecule has 4 nitrogen and oxygen atoms in total. The Balaban J connectivity index is 1.83. The van der Waals surface area contributed by atoms with E-state index in [-0.39, 0.29) is 11.9 Å². The number of aryl methyl sites for hydroxylation is 1. The Labute approximate surface area is 168 Å². The summed E-state index contributed by atoms with van der Waals surface area (Å²) in [7, 11) is 1.37. The highest BCUT2D eigenvalue weighted by atomic mass is 35.5. The number of benzene rings is 1. The van der Waals surface area contributed by atoms with Crippen molar-refractivity contribution in [3.63, 3.8) is 0 Å². The molecule has 1 heterocycles. The van der Waals surface area contributed by atoms with Crippen LogP contribution in [0.15, 0.2) is 30.3 Å². The highest BCUT2D eigenvalue weighted by Gasteiger charge is 2.25. The Morgan fingerprint density at radius 2 is 1.96 bits per heavy atom. The number of methoxy groups -OCH3 is 1. The average Bonchev–Trinajstić information content (AvgIpc) is 2.95. The van der Waals surface area contributed by atoms with Gasteiger partial charge in [-0.2, -0.15) is 0 Å². The molecule has 0 unspecified atom stereocenters. The summed E-state index contributed by atoms with van der Waals surface area (Å²) in [5.41, 5.74) is 2.40. The van der Waals surface area contributed by atoms with Crippen molar-refractivity contribution in [3.8, 4) is 0 Å². The molecular weight excluding hydrogens is 382 g/mol. The number of nitrogens with one attached hydrogen (secondary N) is 1. The van der Waals surface area contributed by atoms with Crippen LogP contribution in [0.5, 0.6) is 0 Å². The van der Waals surface area contributed by atoms with Gasteiger partial charge in [-0.15, -0.1) is 11.3 Å². The number of halogens is 1. The van der Waals surface area contributed by atoms with Crippen LogP contribution in [0.1, 0.15) is 52.0 Å². The second-order valence-corrected chi connectivity index (χ2v) is 8.03. The van der Waals surface area contributed by atoms with Crippen LogP contribution in [-0.2, 0) is 22.4 Å². The standard InChI is InChI=1S/C21H22ClNO3S/c1-26-21(25)19-16-9-4-2-3-5-10-17(16)27-20(19)23-18(24)12-11-14-7-6-8-15(22)13-14/h6-8,11-13H,2-5,9-10H2,1H3,(H,23,24)/b12-11+. The highest BCUT2D eigenvalue weighted by Crippen LogP contribution is 2.37. The predicted molar refractivity (Wildman–Crippen MR) is 111 cm³/mol. The number of anilines is 1. The molecule has 1 amide bonds. The van der Waals surface area contributed by atoms with Crippen molar-refractivity contribution in [2.24, 2.45) is 0 Å². The molecule has 3 rings (SSSR count). The second kappa shape index (κ2) is 9.20. The zero-order valence-corrected chi connectivity index (χ0v) is 16.8. The molecule has 2 aromatic rings. The van der Waals surface area contributed by atoms with Gasteiger partial charge in [-0.3, -0.25) is 4.79 Å². The van der Waals surface area contributed by atoms with Crippen molar-refractivity contribution in [3.05, 3.63) is 56.9 Å². The number of thiophene rings is 1. The Kier molecular flexibility index (Phi) is 6.69. The molecule has 0 spiro atoms. The molecule has 0 aliphatic heterocycles.